The highest BCUT2D eigenvalue weighted by Gasteiger charge is 2.59. The summed E-state index contributed by atoms with van der Waals surface area (Å²) in [6.07, 6.45) is 1.21. The van der Waals surface area contributed by atoms with Crippen LogP contribution in [-0.4, -0.2) is 40.3 Å². The fourth-order valence-electron chi connectivity index (χ4n) is 5.02. The average molecular weight is 435 g/mol. The second-order valence-corrected chi connectivity index (χ2v) is 9.59. The number of fused-ring (bicyclic) bond motifs is 2. The van der Waals surface area contributed by atoms with Crippen LogP contribution in [-0.2, 0) is 24.6 Å². The molecule has 1 aromatic rings. The van der Waals surface area contributed by atoms with Gasteiger partial charge in [-0.2, -0.15) is 0 Å². The molecule has 3 aliphatic rings. The van der Waals surface area contributed by atoms with Crippen LogP contribution in [0.2, 0.25) is 0 Å². The lowest BCUT2D eigenvalue weighted by Gasteiger charge is -2.59. The summed E-state index contributed by atoms with van der Waals surface area (Å²) in [6, 6.07) is 2.88. The number of phenols is 2. The van der Waals surface area contributed by atoms with Gasteiger partial charge in [0.25, 0.3) is 5.09 Å². The standard InChI is InChI=1S/C22H29NO8/c1-21(2,20(27)30-6-5-7-31-23(28)29)12-8-17(25)19(18(26)9-12)13-10-16(24)15-11-14(13)22(15,3)4/h8-9,13-15,25-26H,5-7,10-11H2,1-4H3/t13-,14-,15+/m1/s1. The van der Waals surface area contributed by atoms with E-state index in [0.717, 1.165) is 6.42 Å². The Balaban J connectivity index is 1.76. The number of carbonyl (C=O) groups is 2. The Bertz CT molecular complexity index is 884. The molecule has 2 bridgehead atoms. The van der Waals surface area contributed by atoms with Gasteiger partial charge in [-0.1, -0.05) is 13.8 Å². The molecule has 1 aromatic carbocycles. The molecule has 3 aliphatic carbocycles. The first-order chi connectivity index (χ1) is 14.4. The van der Waals surface area contributed by atoms with Crippen molar-refractivity contribution in [3.05, 3.63) is 33.4 Å². The van der Waals surface area contributed by atoms with Gasteiger partial charge in [0, 0.05) is 30.2 Å². The molecule has 3 saturated carbocycles. The van der Waals surface area contributed by atoms with Gasteiger partial charge in [-0.15, -0.1) is 10.1 Å². The van der Waals surface area contributed by atoms with E-state index in [1.165, 1.54) is 12.1 Å². The highest BCUT2D eigenvalue weighted by molar-refractivity contribution is 5.86. The van der Waals surface area contributed by atoms with E-state index in [9.17, 15) is 29.9 Å². The predicted octanol–water partition coefficient (Wildman–Crippen LogP) is 3.24. The van der Waals surface area contributed by atoms with Crippen LogP contribution in [0.15, 0.2) is 12.1 Å². The van der Waals surface area contributed by atoms with Crippen molar-refractivity contribution in [2.75, 3.05) is 13.2 Å². The van der Waals surface area contributed by atoms with Crippen molar-refractivity contribution in [2.45, 2.75) is 58.3 Å². The third-order valence-corrected chi connectivity index (χ3v) is 7.10. The number of ether oxygens (including phenoxy) is 1. The third-order valence-electron chi connectivity index (χ3n) is 7.10. The summed E-state index contributed by atoms with van der Waals surface area (Å²) in [4.78, 5) is 39.3. The molecule has 0 saturated heterocycles. The molecule has 170 valence electrons. The van der Waals surface area contributed by atoms with Gasteiger partial charge in [0.05, 0.1) is 18.6 Å². The number of carbonyl (C=O) groups excluding carboxylic acids is 2. The number of esters is 1. The lowest BCUT2D eigenvalue weighted by molar-refractivity contribution is -0.757. The summed E-state index contributed by atoms with van der Waals surface area (Å²) in [6.45, 7) is 7.05. The molecule has 0 amide bonds. The Kier molecular flexibility index (Phi) is 5.90. The number of phenolic OH excluding ortho intramolecular Hbond substituents is 2. The molecule has 31 heavy (non-hydrogen) atoms. The van der Waals surface area contributed by atoms with Gasteiger partial charge < -0.3 is 19.8 Å². The van der Waals surface area contributed by atoms with Crippen molar-refractivity contribution >= 4 is 11.8 Å². The molecule has 3 atom stereocenters. The van der Waals surface area contributed by atoms with Crippen LogP contribution in [0.4, 0.5) is 0 Å². The fourth-order valence-corrected chi connectivity index (χ4v) is 5.02. The first-order valence-corrected chi connectivity index (χ1v) is 10.4. The molecule has 0 unspecified atom stereocenters. The van der Waals surface area contributed by atoms with Crippen LogP contribution in [0.25, 0.3) is 0 Å². The van der Waals surface area contributed by atoms with Crippen molar-refractivity contribution < 1.29 is 34.5 Å². The second kappa shape index (κ2) is 8.01. The lowest BCUT2D eigenvalue weighted by Crippen LogP contribution is -2.56. The summed E-state index contributed by atoms with van der Waals surface area (Å²) in [5.74, 6) is -0.762. The van der Waals surface area contributed by atoms with Gasteiger partial charge in [0.15, 0.2) is 0 Å². The maximum absolute atomic E-state index is 12.6. The van der Waals surface area contributed by atoms with Crippen LogP contribution < -0.4 is 0 Å². The molecule has 9 heteroatoms. The van der Waals surface area contributed by atoms with Crippen molar-refractivity contribution in [2.24, 2.45) is 17.3 Å². The third kappa shape index (κ3) is 4.05. The summed E-state index contributed by atoms with van der Waals surface area (Å²) in [7, 11) is 0. The summed E-state index contributed by atoms with van der Waals surface area (Å²) < 4.78 is 5.18. The van der Waals surface area contributed by atoms with Crippen molar-refractivity contribution in [3.8, 4) is 11.5 Å². The topological polar surface area (TPSA) is 136 Å². The molecule has 9 nitrogen and oxygen atoms in total. The van der Waals surface area contributed by atoms with Gasteiger partial charge >= 0.3 is 5.97 Å². The minimum Gasteiger partial charge on any atom is -0.508 e. The number of hydrogen-bond acceptors (Lipinski definition) is 8. The van der Waals surface area contributed by atoms with Crippen LogP contribution in [0, 0.1) is 27.4 Å². The van der Waals surface area contributed by atoms with E-state index in [1.807, 2.05) is 13.8 Å². The van der Waals surface area contributed by atoms with Gasteiger partial charge in [-0.05, 0) is 49.3 Å². The van der Waals surface area contributed by atoms with Crippen LogP contribution in [0.5, 0.6) is 11.5 Å². The largest absolute Gasteiger partial charge is 0.508 e. The molecular formula is C22H29NO8. The average Bonchev–Trinajstić information content (AvgIpc) is 2.65. The number of Topliss-reactive ketones (excluding diaryl/α,β-unsaturated/α-hetero) is 1. The van der Waals surface area contributed by atoms with E-state index >= 15 is 0 Å². The SMILES string of the molecule is CC(C)(C(=O)OCCCO[N+](=O)[O-])c1cc(O)c([C@@H]2CC(=O)[C@@H]3C[C@H]2C3(C)C)c(O)c1. The normalized spacial score (nSPS) is 24.3. The quantitative estimate of drug-likeness (QED) is 0.275. The number of nitrogens with zero attached hydrogens (tertiary/aromatic N) is 1. The first kappa shape index (κ1) is 22.8. The molecule has 0 heterocycles. The smallest absolute Gasteiger partial charge is 0.315 e. The van der Waals surface area contributed by atoms with E-state index in [0.29, 0.717) is 11.1 Å². The number of aromatic hydroxyl groups is 2. The number of ketones is 1. The maximum atomic E-state index is 12.6. The zero-order valence-corrected chi connectivity index (χ0v) is 18.2. The molecule has 2 N–H and O–H groups in total. The summed E-state index contributed by atoms with van der Waals surface area (Å²) >= 11 is 0. The molecule has 0 radical (unpaired) electrons. The van der Waals surface area contributed by atoms with Crippen molar-refractivity contribution in [1.82, 2.24) is 0 Å². The first-order valence-electron chi connectivity index (χ1n) is 10.4. The zero-order valence-electron chi connectivity index (χ0n) is 18.2. The van der Waals surface area contributed by atoms with Crippen LogP contribution in [0.1, 0.15) is 64.0 Å². The van der Waals surface area contributed by atoms with Crippen LogP contribution >= 0.6 is 0 Å². The summed E-state index contributed by atoms with van der Waals surface area (Å²) in [5, 5.41) is 30.7. The molecule has 3 fully saturated rings. The second-order valence-electron chi connectivity index (χ2n) is 9.59. The zero-order chi connectivity index (χ0) is 23.1. The number of hydrogen-bond donors (Lipinski definition) is 2. The Morgan fingerprint density at radius 2 is 1.87 bits per heavy atom. The van der Waals surface area contributed by atoms with E-state index in [4.69, 9.17) is 4.74 Å². The fraction of sp³-hybridized carbons (Fsp3) is 0.636. The van der Waals surface area contributed by atoms with E-state index in [1.54, 1.807) is 13.8 Å². The van der Waals surface area contributed by atoms with Crippen molar-refractivity contribution in [3.63, 3.8) is 0 Å². The van der Waals surface area contributed by atoms with E-state index in [-0.39, 0.29) is 66.5 Å². The minimum atomic E-state index is -1.18. The highest BCUT2D eigenvalue weighted by atomic mass is 16.9. The Morgan fingerprint density at radius 1 is 1.26 bits per heavy atom. The maximum Gasteiger partial charge on any atom is 0.315 e. The van der Waals surface area contributed by atoms with E-state index in [2.05, 4.69) is 4.84 Å². The van der Waals surface area contributed by atoms with Gasteiger partial charge in [-0.3, -0.25) is 9.59 Å². The van der Waals surface area contributed by atoms with Gasteiger partial charge in [-0.25, -0.2) is 0 Å². The monoisotopic (exact) mass is 435 g/mol. The molecule has 0 spiro atoms. The molecule has 4 rings (SSSR count). The van der Waals surface area contributed by atoms with E-state index < -0.39 is 16.5 Å². The lowest BCUT2D eigenvalue weighted by atomic mass is 9.44. The molecule has 0 aliphatic heterocycles. The van der Waals surface area contributed by atoms with Crippen LogP contribution in [0.3, 0.4) is 0 Å². The minimum absolute atomic E-state index is 0.0433. The predicted molar refractivity (Wildman–Crippen MR) is 109 cm³/mol. The Labute approximate surface area is 180 Å². The van der Waals surface area contributed by atoms with Gasteiger partial charge in [0.2, 0.25) is 0 Å². The number of rotatable bonds is 8. The Hall–Kier alpha value is -2.84. The molecule has 0 aromatic heterocycles. The number of benzene rings is 1. The van der Waals surface area contributed by atoms with Crippen molar-refractivity contribution in [1.29, 1.82) is 0 Å². The summed E-state index contributed by atoms with van der Waals surface area (Å²) in [5.41, 5.74) is -0.625. The Morgan fingerprint density at radius 3 is 2.39 bits per heavy atom. The van der Waals surface area contributed by atoms with Gasteiger partial charge in [0.1, 0.15) is 17.3 Å². The molecular weight excluding hydrogens is 406 g/mol. The highest BCUT2D eigenvalue weighted by Crippen LogP contribution is 2.64.